The van der Waals surface area contributed by atoms with Gasteiger partial charge in [-0.05, 0) is 81.0 Å². The van der Waals surface area contributed by atoms with Crippen LogP contribution in [0.2, 0.25) is 0 Å². The Morgan fingerprint density at radius 1 is 1.04 bits per heavy atom. The fourth-order valence-electron chi connectivity index (χ4n) is 7.66. The Kier molecular flexibility index (Phi) is 15.2. The summed E-state index contributed by atoms with van der Waals surface area (Å²) in [6.45, 7) is 14.6. The van der Waals surface area contributed by atoms with Crippen molar-refractivity contribution < 1.29 is 36.9 Å². The number of methoxy groups -OCH3 is 1. The van der Waals surface area contributed by atoms with Gasteiger partial charge >= 0.3 is 0 Å². The molecule has 2 heterocycles. The number of nitrogens with zero attached hydrogens (tertiary/aromatic N) is 2. The van der Waals surface area contributed by atoms with Crippen LogP contribution in [0.5, 0.6) is 5.75 Å². The smallest absolute Gasteiger partial charge is 0.243 e. The van der Waals surface area contributed by atoms with E-state index in [4.69, 9.17) is 23.7 Å². The maximum Gasteiger partial charge on any atom is 0.243 e. The maximum absolute atomic E-state index is 14.6. The number of amides is 1. The predicted octanol–water partition coefficient (Wildman–Crippen LogP) is 6.47. The van der Waals surface area contributed by atoms with Crippen molar-refractivity contribution in [1.82, 2.24) is 9.62 Å². The minimum Gasteiger partial charge on any atom is -0.490 e. The van der Waals surface area contributed by atoms with Crippen LogP contribution in [-0.4, -0.2) is 97.1 Å². The third-order valence-electron chi connectivity index (χ3n) is 10.7. The zero-order valence-corrected chi connectivity index (χ0v) is 34.5. The Balaban J connectivity index is 1.46. The maximum atomic E-state index is 14.6. The number of nitrogens with one attached hydrogen (secondary N) is 1. The van der Waals surface area contributed by atoms with E-state index in [9.17, 15) is 13.2 Å². The van der Waals surface area contributed by atoms with E-state index in [-0.39, 0.29) is 36.0 Å². The molecule has 0 unspecified atom stereocenters. The number of carbonyl (C=O) groups excluding carboxylic acids is 1. The molecular weight excluding hydrogens is 719 g/mol. The van der Waals surface area contributed by atoms with Crippen LogP contribution in [0.3, 0.4) is 0 Å². The topological polar surface area (TPSA) is 116 Å². The summed E-state index contributed by atoms with van der Waals surface area (Å²) >= 11 is 0. The molecule has 1 amide bonds. The molecule has 0 radical (unpaired) electrons. The summed E-state index contributed by atoms with van der Waals surface area (Å²) in [5.74, 6) is 0.566. The second-order valence-corrected chi connectivity index (χ2v) is 17.3. The van der Waals surface area contributed by atoms with Gasteiger partial charge in [0.25, 0.3) is 0 Å². The highest BCUT2D eigenvalue weighted by Gasteiger charge is 2.45. The summed E-state index contributed by atoms with van der Waals surface area (Å²) in [7, 11) is -0.617. The van der Waals surface area contributed by atoms with Gasteiger partial charge in [-0.25, -0.2) is 8.42 Å². The minimum absolute atomic E-state index is 0.0147. The van der Waals surface area contributed by atoms with Gasteiger partial charge in [0.05, 0.1) is 49.2 Å². The number of benzene rings is 3. The van der Waals surface area contributed by atoms with E-state index in [1.54, 1.807) is 30.6 Å². The first-order valence-corrected chi connectivity index (χ1v) is 21.0. The highest BCUT2D eigenvalue weighted by Crippen LogP contribution is 2.41. The SMILES string of the molecule is CCO[C@H](C)COCc1ccc([C@H]2C[C@@H](CC(C)(C)C(=O)NC)N(S(=O)(=O)c3ccc(C)cc3)C[C@@H]2OCc2ccc3c(c2)N(CCCOC)CCO3)cc1. The average molecular weight is 780 g/mol. The highest BCUT2D eigenvalue weighted by molar-refractivity contribution is 7.89. The van der Waals surface area contributed by atoms with Crippen LogP contribution in [-0.2, 0) is 47.0 Å². The van der Waals surface area contributed by atoms with Crippen LogP contribution in [0.1, 0.15) is 75.1 Å². The van der Waals surface area contributed by atoms with Crippen molar-refractivity contribution in [2.24, 2.45) is 5.41 Å². The second kappa shape index (κ2) is 19.6. The highest BCUT2D eigenvalue weighted by atomic mass is 32.2. The molecule has 0 aliphatic carbocycles. The van der Waals surface area contributed by atoms with E-state index >= 15 is 0 Å². The third-order valence-corrected chi connectivity index (χ3v) is 12.6. The number of sulfonamides is 1. The molecule has 1 fully saturated rings. The first-order chi connectivity index (χ1) is 26.4. The summed E-state index contributed by atoms with van der Waals surface area (Å²) in [6, 6.07) is 21.0. The van der Waals surface area contributed by atoms with Crippen molar-refractivity contribution in [3.8, 4) is 5.75 Å². The van der Waals surface area contributed by atoms with Crippen LogP contribution >= 0.6 is 0 Å². The number of rotatable bonds is 19. The standard InChI is InChI=1S/C43H61N3O8S/c1-8-52-32(3)28-51-29-33-12-15-35(16-13-33)38-25-36(26-43(4,5)42(47)44-6)46(55(48,49)37-17-10-31(2)11-18-37)27-41(38)54-30-34-14-19-40-39(24-34)45(21-23-53-40)20-9-22-50-7/h10-19,24,32,36,38,41H,8-9,20-23,25-30H2,1-7H3,(H,44,47)/t32-,36+,38-,41+/m1/s1. The minimum atomic E-state index is -3.95. The van der Waals surface area contributed by atoms with Gasteiger partial charge in [-0.1, -0.05) is 61.9 Å². The van der Waals surface area contributed by atoms with Gasteiger partial charge in [-0.15, -0.1) is 0 Å². The van der Waals surface area contributed by atoms with Crippen molar-refractivity contribution in [3.05, 3.63) is 89.0 Å². The molecule has 2 aliphatic heterocycles. The van der Waals surface area contributed by atoms with E-state index in [1.165, 1.54) is 0 Å². The molecule has 3 aromatic rings. The Morgan fingerprint density at radius 3 is 2.45 bits per heavy atom. The van der Waals surface area contributed by atoms with E-state index in [0.717, 1.165) is 53.2 Å². The van der Waals surface area contributed by atoms with E-state index < -0.39 is 27.6 Å². The molecule has 12 heteroatoms. The first kappa shape index (κ1) is 42.6. The van der Waals surface area contributed by atoms with Gasteiger partial charge < -0.3 is 33.9 Å². The monoisotopic (exact) mass is 779 g/mol. The van der Waals surface area contributed by atoms with Gasteiger partial charge in [-0.3, -0.25) is 4.79 Å². The van der Waals surface area contributed by atoms with Crippen molar-refractivity contribution in [1.29, 1.82) is 0 Å². The summed E-state index contributed by atoms with van der Waals surface area (Å²) in [6.07, 6.45) is 1.26. The quantitative estimate of drug-likeness (QED) is 0.137. The largest absolute Gasteiger partial charge is 0.490 e. The van der Waals surface area contributed by atoms with Crippen LogP contribution in [0.25, 0.3) is 0 Å². The number of aryl methyl sites for hydroxylation is 1. The number of hydrogen-bond acceptors (Lipinski definition) is 9. The molecule has 302 valence electrons. The molecule has 1 N–H and O–H groups in total. The molecule has 2 aliphatic rings. The lowest BCUT2D eigenvalue weighted by atomic mass is 9.77. The van der Waals surface area contributed by atoms with Crippen molar-refractivity contribution in [2.75, 3.05) is 65.1 Å². The molecule has 55 heavy (non-hydrogen) atoms. The van der Waals surface area contributed by atoms with Crippen LogP contribution in [0, 0.1) is 12.3 Å². The van der Waals surface area contributed by atoms with Crippen molar-refractivity contribution >= 4 is 21.6 Å². The third kappa shape index (κ3) is 11.1. The Hall–Kier alpha value is -3.52. The van der Waals surface area contributed by atoms with E-state index in [1.807, 2.05) is 58.9 Å². The summed E-state index contributed by atoms with van der Waals surface area (Å²) in [4.78, 5) is 15.7. The van der Waals surface area contributed by atoms with Gasteiger partial charge in [0.1, 0.15) is 12.4 Å². The molecule has 0 spiro atoms. The zero-order valence-electron chi connectivity index (χ0n) is 33.7. The first-order valence-electron chi connectivity index (χ1n) is 19.6. The Morgan fingerprint density at radius 2 is 1.76 bits per heavy atom. The fourth-order valence-corrected chi connectivity index (χ4v) is 9.31. The number of piperidine rings is 1. The van der Waals surface area contributed by atoms with Crippen molar-refractivity contribution in [3.63, 3.8) is 0 Å². The lowest BCUT2D eigenvalue weighted by molar-refractivity contribution is -0.130. The molecule has 0 bridgehead atoms. The van der Waals surface area contributed by atoms with E-state index in [0.29, 0.717) is 45.9 Å². The number of anilines is 1. The summed E-state index contributed by atoms with van der Waals surface area (Å²) in [5, 5.41) is 2.78. The van der Waals surface area contributed by atoms with Crippen molar-refractivity contribution in [2.45, 2.75) is 96.2 Å². The van der Waals surface area contributed by atoms with E-state index in [2.05, 4.69) is 40.5 Å². The molecule has 3 aromatic carbocycles. The molecule has 11 nitrogen and oxygen atoms in total. The summed E-state index contributed by atoms with van der Waals surface area (Å²) < 4.78 is 60.3. The van der Waals surface area contributed by atoms with Crippen LogP contribution in [0.15, 0.2) is 71.6 Å². The van der Waals surface area contributed by atoms with Gasteiger partial charge in [0.2, 0.25) is 15.9 Å². The predicted molar refractivity (Wildman–Crippen MR) is 215 cm³/mol. The van der Waals surface area contributed by atoms with Gasteiger partial charge in [0.15, 0.2) is 0 Å². The lowest BCUT2D eigenvalue weighted by Crippen LogP contribution is -2.54. The number of fused-ring (bicyclic) bond motifs is 1. The molecular formula is C43H61N3O8S. The normalized spacial score (nSPS) is 19.8. The number of ether oxygens (including phenoxy) is 5. The molecule has 5 rings (SSSR count). The zero-order chi connectivity index (χ0) is 39.6. The summed E-state index contributed by atoms with van der Waals surface area (Å²) in [5.41, 5.74) is 4.24. The van der Waals surface area contributed by atoms with Gasteiger partial charge in [-0.2, -0.15) is 4.31 Å². The second-order valence-electron chi connectivity index (χ2n) is 15.4. The average Bonchev–Trinajstić information content (AvgIpc) is 3.17. The number of carbonyl (C=O) groups is 1. The molecule has 0 saturated carbocycles. The fraction of sp³-hybridized carbons (Fsp3) is 0.558. The van der Waals surface area contributed by atoms with Crippen LogP contribution < -0.4 is 15.0 Å². The van der Waals surface area contributed by atoms with Gasteiger partial charge in [0, 0.05) is 57.8 Å². The Bertz CT molecular complexity index is 1780. The Labute approximate surface area is 328 Å². The molecule has 1 saturated heterocycles. The molecule has 0 aromatic heterocycles. The number of hydrogen-bond donors (Lipinski definition) is 1. The van der Waals surface area contributed by atoms with Crippen LogP contribution in [0.4, 0.5) is 5.69 Å². The lowest BCUT2D eigenvalue weighted by Gasteiger charge is -2.45. The molecule has 4 atom stereocenters.